The van der Waals surface area contributed by atoms with Crippen molar-refractivity contribution in [3.63, 3.8) is 0 Å². The number of rotatable bonds is 2. The molecule has 0 saturated heterocycles. The van der Waals surface area contributed by atoms with Gasteiger partial charge in [-0.2, -0.15) is 5.10 Å². The average Bonchev–Trinajstić information content (AvgIpc) is 2.59. The molecule has 0 aliphatic rings. The second-order valence-corrected chi connectivity index (χ2v) is 5.64. The van der Waals surface area contributed by atoms with E-state index in [0.29, 0.717) is 5.56 Å². The highest BCUT2D eigenvalue weighted by Crippen LogP contribution is 2.28. The van der Waals surface area contributed by atoms with E-state index in [9.17, 15) is 4.39 Å². The maximum atomic E-state index is 13.7. The fraction of sp³-hybridized carbons (Fsp3) is 0.357. The van der Waals surface area contributed by atoms with Crippen LogP contribution in [0.4, 0.5) is 4.39 Å². The number of aryl methyl sites for hydroxylation is 2. The Kier molecular flexibility index (Phi) is 3.78. The number of halogens is 2. The third kappa shape index (κ3) is 2.44. The molecule has 2 rings (SSSR count). The van der Waals surface area contributed by atoms with Gasteiger partial charge in [0.05, 0.1) is 21.5 Å². The molecule has 1 atom stereocenters. The molecule has 0 radical (unpaired) electrons. The van der Waals surface area contributed by atoms with Gasteiger partial charge in [0, 0.05) is 6.04 Å². The lowest BCUT2D eigenvalue weighted by atomic mass is 10.0. The van der Waals surface area contributed by atoms with Crippen LogP contribution in [0.15, 0.2) is 16.6 Å². The average molecular weight is 326 g/mol. The Hall–Kier alpha value is -1.20. The van der Waals surface area contributed by atoms with E-state index in [4.69, 9.17) is 5.73 Å². The molecule has 3 nitrogen and oxygen atoms in total. The summed E-state index contributed by atoms with van der Waals surface area (Å²) in [6.07, 6.45) is 0. The lowest BCUT2D eigenvalue weighted by Crippen LogP contribution is -2.12. The first-order valence-electron chi connectivity index (χ1n) is 6.10. The van der Waals surface area contributed by atoms with Crippen molar-refractivity contribution in [3.05, 3.63) is 44.9 Å². The van der Waals surface area contributed by atoms with Gasteiger partial charge in [-0.25, -0.2) is 9.07 Å². The number of aromatic nitrogens is 2. The van der Waals surface area contributed by atoms with Gasteiger partial charge in [-0.3, -0.25) is 0 Å². The molecular formula is C14H17BrFN3. The number of nitrogens with two attached hydrogens (primary N) is 1. The van der Waals surface area contributed by atoms with Crippen LogP contribution in [0.25, 0.3) is 5.69 Å². The second kappa shape index (κ2) is 5.06. The minimum atomic E-state index is -0.257. The minimum absolute atomic E-state index is 0.239. The molecule has 0 bridgehead atoms. The summed E-state index contributed by atoms with van der Waals surface area (Å²) in [4.78, 5) is 0. The molecule has 19 heavy (non-hydrogen) atoms. The molecule has 0 amide bonds. The summed E-state index contributed by atoms with van der Waals surface area (Å²) in [5.74, 6) is -0.239. The first-order chi connectivity index (χ1) is 8.82. The van der Waals surface area contributed by atoms with Crippen molar-refractivity contribution in [3.8, 4) is 5.69 Å². The summed E-state index contributed by atoms with van der Waals surface area (Å²) in [7, 11) is 0. The van der Waals surface area contributed by atoms with Crippen LogP contribution in [0.2, 0.25) is 0 Å². The molecule has 2 aromatic rings. The van der Waals surface area contributed by atoms with Crippen molar-refractivity contribution in [1.82, 2.24) is 9.78 Å². The predicted molar refractivity (Wildman–Crippen MR) is 78.0 cm³/mol. The number of hydrogen-bond acceptors (Lipinski definition) is 2. The molecule has 102 valence electrons. The van der Waals surface area contributed by atoms with Crippen molar-refractivity contribution < 1.29 is 4.39 Å². The van der Waals surface area contributed by atoms with Crippen molar-refractivity contribution in [2.75, 3.05) is 0 Å². The standard InChI is InChI=1S/C14H17BrFN3/c1-7-5-13(11(8(2)17)6-12(7)16)19-10(4)14(15)9(3)18-19/h5-6,8H,17H2,1-4H3/t8-/m1/s1. The van der Waals surface area contributed by atoms with E-state index in [0.717, 1.165) is 27.1 Å². The topological polar surface area (TPSA) is 43.8 Å². The molecule has 0 unspecified atom stereocenters. The molecule has 0 saturated carbocycles. The maximum Gasteiger partial charge on any atom is 0.126 e. The van der Waals surface area contributed by atoms with Gasteiger partial charge >= 0.3 is 0 Å². The van der Waals surface area contributed by atoms with Gasteiger partial charge in [0.25, 0.3) is 0 Å². The molecule has 1 heterocycles. The Balaban J connectivity index is 2.73. The first kappa shape index (κ1) is 14.2. The van der Waals surface area contributed by atoms with E-state index in [1.807, 2.05) is 25.5 Å². The van der Waals surface area contributed by atoms with E-state index < -0.39 is 0 Å². The molecule has 0 aliphatic carbocycles. The third-order valence-electron chi connectivity index (χ3n) is 3.23. The fourth-order valence-corrected chi connectivity index (χ4v) is 2.34. The van der Waals surface area contributed by atoms with E-state index in [1.54, 1.807) is 13.0 Å². The quantitative estimate of drug-likeness (QED) is 0.914. The molecule has 0 spiro atoms. The molecule has 2 N–H and O–H groups in total. The Morgan fingerprint density at radius 2 is 1.95 bits per heavy atom. The van der Waals surface area contributed by atoms with Crippen LogP contribution in [-0.2, 0) is 0 Å². The predicted octanol–water partition coefficient (Wildman–Crippen LogP) is 3.72. The lowest BCUT2D eigenvalue weighted by molar-refractivity contribution is 0.610. The number of benzene rings is 1. The molecule has 0 fully saturated rings. The van der Waals surface area contributed by atoms with Crippen LogP contribution in [0, 0.1) is 26.6 Å². The van der Waals surface area contributed by atoms with Crippen LogP contribution < -0.4 is 5.73 Å². The lowest BCUT2D eigenvalue weighted by Gasteiger charge is -2.15. The van der Waals surface area contributed by atoms with Gasteiger partial charge in [-0.1, -0.05) is 0 Å². The Morgan fingerprint density at radius 1 is 1.32 bits per heavy atom. The van der Waals surface area contributed by atoms with E-state index in [2.05, 4.69) is 21.0 Å². The monoisotopic (exact) mass is 325 g/mol. The van der Waals surface area contributed by atoms with Gasteiger partial charge < -0.3 is 5.73 Å². The largest absolute Gasteiger partial charge is 0.324 e. The first-order valence-corrected chi connectivity index (χ1v) is 6.90. The normalized spacial score (nSPS) is 12.8. The summed E-state index contributed by atoms with van der Waals surface area (Å²) < 4.78 is 16.5. The summed E-state index contributed by atoms with van der Waals surface area (Å²) in [6, 6.07) is 3.03. The van der Waals surface area contributed by atoms with E-state index >= 15 is 0 Å². The highest BCUT2D eigenvalue weighted by molar-refractivity contribution is 9.10. The van der Waals surface area contributed by atoms with Crippen molar-refractivity contribution in [2.45, 2.75) is 33.7 Å². The van der Waals surface area contributed by atoms with Gasteiger partial charge in [0.1, 0.15) is 5.82 Å². The van der Waals surface area contributed by atoms with Crippen LogP contribution in [-0.4, -0.2) is 9.78 Å². The Morgan fingerprint density at radius 3 is 2.42 bits per heavy atom. The SMILES string of the molecule is Cc1cc(-n2nc(C)c(Br)c2C)c([C@@H](C)N)cc1F. The summed E-state index contributed by atoms with van der Waals surface area (Å²) in [5.41, 5.74) is 9.99. The summed E-state index contributed by atoms with van der Waals surface area (Å²) in [6.45, 7) is 7.47. The maximum absolute atomic E-state index is 13.7. The van der Waals surface area contributed by atoms with Crippen LogP contribution >= 0.6 is 15.9 Å². The van der Waals surface area contributed by atoms with E-state index in [1.165, 1.54) is 6.07 Å². The second-order valence-electron chi connectivity index (χ2n) is 4.85. The third-order valence-corrected chi connectivity index (χ3v) is 4.38. The Bertz CT molecular complexity index is 632. The minimum Gasteiger partial charge on any atom is -0.324 e. The fourth-order valence-electron chi connectivity index (χ4n) is 2.09. The Labute approximate surface area is 120 Å². The van der Waals surface area contributed by atoms with Gasteiger partial charge in [0.2, 0.25) is 0 Å². The summed E-state index contributed by atoms with van der Waals surface area (Å²) in [5, 5.41) is 4.49. The zero-order chi connectivity index (χ0) is 14.3. The van der Waals surface area contributed by atoms with Crippen LogP contribution in [0.5, 0.6) is 0 Å². The zero-order valence-corrected chi connectivity index (χ0v) is 13.0. The van der Waals surface area contributed by atoms with Gasteiger partial charge in [0.15, 0.2) is 0 Å². The highest BCUT2D eigenvalue weighted by Gasteiger charge is 2.17. The molecule has 0 aliphatic heterocycles. The molecule has 1 aromatic heterocycles. The smallest absolute Gasteiger partial charge is 0.126 e. The molecule has 1 aromatic carbocycles. The van der Waals surface area contributed by atoms with Gasteiger partial charge in [-0.15, -0.1) is 0 Å². The summed E-state index contributed by atoms with van der Waals surface area (Å²) >= 11 is 3.50. The highest BCUT2D eigenvalue weighted by atomic mass is 79.9. The van der Waals surface area contributed by atoms with Crippen LogP contribution in [0.1, 0.15) is 35.5 Å². The molecule has 5 heteroatoms. The zero-order valence-electron chi connectivity index (χ0n) is 11.5. The van der Waals surface area contributed by atoms with E-state index in [-0.39, 0.29) is 11.9 Å². The molecular weight excluding hydrogens is 309 g/mol. The van der Waals surface area contributed by atoms with Gasteiger partial charge in [-0.05, 0) is 66.9 Å². The van der Waals surface area contributed by atoms with Crippen molar-refractivity contribution in [2.24, 2.45) is 5.73 Å². The number of nitrogens with zero attached hydrogens (tertiary/aromatic N) is 2. The van der Waals surface area contributed by atoms with Crippen molar-refractivity contribution >= 4 is 15.9 Å². The number of hydrogen-bond donors (Lipinski definition) is 1. The van der Waals surface area contributed by atoms with Crippen LogP contribution in [0.3, 0.4) is 0 Å². The van der Waals surface area contributed by atoms with Crippen molar-refractivity contribution in [1.29, 1.82) is 0 Å².